The van der Waals surface area contributed by atoms with E-state index in [1.54, 1.807) is 12.3 Å². The fraction of sp³-hybridized carbons (Fsp3) is 0.714. The minimum absolute atomic E-state index is 0.171. The van der Waals surface area contributed by atoms with Crippen LogP contribution in [-0.2, 0) is 21.3 Å². The molecule has 1 saturated heterocycles. The summed E-state index contributed by atoms with van der Waals surface area (Å²) in [6.45, 7) is 9.31. The molecular weight excluding hydrogens is 290 g/mol. The van der Waals surface area contributed by atoms with E-state index in [4.69, 9.17) is 10.5 Å². The molecule has 0 atom stereocenters. The molecule has 0 aliphatic carbocycles. The SMILES string of the molecule is CC(C)n1cc(S(=O)(=O)N2CCOCC2(C)C)cc1CN. The first-order valence-corrected chi connectivity index (χ1v) is 8.65. The predicted molar refractivity (Wildman–Crippen MR) is 81.5 cm³/mol. The maximum absolute atomic E-state index is 12.9. The van der Waals surface area contributed by atoms with Gasteiger partial charge in [-0.05, 0) is 33.8 Å². The van der Waals surface area contributed by atoms with Crippen LogP contribution >= 0.6 is 0 Å². The quantitative estimate of drug-likeness (QED) is 0.909. The first-order chi connectivity index (χ1) is 9.70. The van der Waals surface area contributed by atoms with Gasteiger partial charge in [-0.1, -0.05) is 0 Å². The first-order valence-electron chi connectivity index (χ1n) is 7.21. The molecule has 21 heavy (non-hydrogen) atoms. The molecule has 1 aliphatic rings. The molecule has 0 radical (unpaired) electrons. The third-order valence-electron chi connectivity index (χ3n) is 3.83. The van der Waals surface area contributed by atoms with Gasteiger partial charge in [0, 0.05) is 31.0 Å². The van der Waals surface area contributed by atoms with Crippen molar-refractivity contribution in [2.45, 2.75) is 50.7 Å². The van der Waals surface area contributed by atoms with Crippen LogP contribution in [0.2, 0.25) is 0 Å². The van der Waals surface area contributed by atoms with Gasteiger partial charge in [-0.2, -0.15) is 4.31 Å². The Balaban J connectivity index is 2.44. The molecule has 2 rings (SSSR count). The van der Waals surface area contributed by atoms with E-state index in [1.807, 2.05) is 32.3 Å². The Hall–Kier alpha value is -0.890. The first kappa shape index (κ1) is 16.5. The Morgan fingerprint density at radius 1 is 1.43 bits per heavy atom. The number of hydrogen-bond acceptors (Lipinski definition) is 4. The molecule has 6 nitrogen and oxygen atoms in total. The van der Waals surface area contributed by atoms with E-state index >= 15 is 0 Å². The second-order valence-corrected chi connectivity index (χ2v) is 8.18. The smallest absolute Gasteiger partial charge is 0.245 e. The second-order valence-electron chi connectivity index (χ2n) is 6.31. The number of ether oxygens (including phenoxy) is 1. The van der Waals surface area contributed by atoms with Gasteiger partial charge >= 0.3 is 0 Å². The van der Waals surface area contributed by atoms with E-state index in [-0.39, 0.29) is 6.04 Å². The minimum Gasteiger partial charge on any atom is -0.378 e. The van der Waals surface area contributed by atoms with Crippen molar-refractivity contribution >= 4 is 10.0 Å². The van der Waals surface area contributed by atoms with Crippen LogP contribution in [0.1, 0.15) is 39.4 Å². The van der Waals surface area contributed by atoms with Crippen LogP contribution in [0.15, 0.2) is 17.2 Å². The van der Waals surface area contributed by atoms with E-state index in [0.29, 0.717) is 31.2 Å². The molecule has 2 heterocycles. The van der Waals surface area contributed by atoms with Gasteiger partial charge in [0.1, 0.15) is 4.90 Å². The monoisotopic (exact) mass is 315 g/mol. The van der Waals surface area contributed by atoms with Crippen LogP contribution in [0.25, 0.3) is 0 Å². The Kier molecular flexibility index (Phi) is 4.49. The van der Waals surface area contributed by atoms with Crippen molar-refractivity contribution < 1.29 is 13.2 Å². The Morgan fingerprint density at radius 3 is 2.57 bits per heavy atom. The molecule has 1 aliphatic heterocycles. The summed E-state index contributed by atoms with van der Waals surface area (Å²) in [6, 6.07) is 1.85. The van der Waals surface area contributed by atoms with Crippen LogP contribution in [0, 0.1) is 0 Å². The maximum Gasteiger partial charge on any atom is 0.245 e. The third kappa shape index (κ3) is 3.01. The van der Waals surface area contributed by atoms with Gasteiger partial charge in [0.25, 0.3) is 0 Å². The molecule has 0 aromatic carbocycles. The highest BCUT2D eigenvalue weighted by Gasteiger charge is 2.40. The van der Waals surface area contributed by atoms with E-state index in [2.05, 4.69) is 0 Å². The van der Waals surface area contributed by atoms with Gasteiger partial charge in [0.15, 0.2) is 0 Å². The molecular formula is C14H25N3O3S. The van der Waals surface area contributed by atoms with Crippen molar-refractivity contribution in [2.24, 2.45) is 5.73 Å². The summed E-state index contributed by atoms with van der Waals surface area (Å²) < 4.78 is 34.7. The van der Waals surface area contributed by atoms with Crippen LogP contribution in [0.5, 0.6) is 0 Å². The van der Waals surface area contributed by atoms with Gasteiger partial charge in [0.2, 0.25) is 10.0 Å². The lowest BCUT2D eigenvalue weighted by Gasteiger charge is -2.40. The van der Waals surface area contributed by atoms with E-state index in [1.165, 1.54) is 4.31 Å². The van der Waals surface area contributed by atoms with Crippen molar-refractivity contribution in [3.63, 3.8) is 0 Å². The molecule has 0 spiro atoms. The highest BCUT2D eigenvalue weighted by atomic mass is 32.2. The zero-order chi connectivity index (χ0) is 15.8. The van der Waals surface area contributed by atoms with Crippen LogP contribution < -0.4 is 5.73 Å². The number of nitrogens with two attached hydrogens (primary N) is 1. The van der Waals surface area contributed by atoms with Crippen LogP contribution in [0.3, 0.4) is 0 Å². The normalized spacial score (nSPS) is 20.1. The molecule has 0 amide bonds. The van der Waals surface area contributed by atoms with Crippen molar-refractivity contribution in [3.05, 3.63) is 18.0 Å². The summed E-state index contributed by atoms with van der Waals surface area (Å²) in [5.41, 5.74) is 6.01. The average Bonchev–Trinajstić information content (AvgIpc) is 2.82. The number of nitrogens with zero attached hydrogens (tertiary/aromatic N) is 2. The van der Waals surface area contributed by atoms with Gasteiger partial charge in [0.05, 0.1) is 18.8 Å². The lowest BCUT2D eigenvalue weighted by molar-refractivity contribution is -0.00770. The molecule has 0 saturated carbocycles. The standard InChI is InChI=1S/C14H25N3O3S/c1-11(2)16-9-13(7-12(16)8-15)21(18,19)17-5-6-20-10-14(17,3)4/h7,9,11H,5-6,8,10,15H2,1-4H3. The van der Waals surface area contributed by atoms with E-state index < -0.39 is 15.6 Å². The summed E-state index contributed by atoms with van der Waals surface area (Å²) in [7, 11) is -3.54. The summed E-state index contributed by atoms with van der Waals surface area (Å²) >= 11 is 0. The van der Waals surface area contributed by atoms with Crippen LogP contribution in [-0.4, -0.2) is 42.6 Å². The number of aromatic nitrogens is 1. The molecule has 0 unspecified atom stereocenters. The lowest BCUT2D eigenvalue weighted by Crippen LogP contribution is -2.55. The maximum atomic E-state index is 12.9. The Morgan fingerprint density at radius 2 is 2.10 bits per heavy atom. The zero-order valence-corrected chi connectivity index (χ0v) is 14.0. The molecule has 1 aromatic heterocycles. The fourth-order valence-corrected chi connectivity index (χ4v) is 4.50. The van der Waals surface area contributed by atoms with Crippen LogP contribution in [0.4, 0.5) is 0 Å². The van der Waals surface area contributed by atoms with Gasteiger partial charge < -0.3 is 15.0 Å². The largest absolute Gasteiger partial charge is 0.378 e. The molecule has 1 fully saturated rings. The number of morpholine rings is 1. The van der Waals surface area contributed by atoms with Crippen molar-refractivity contribution in [3.8, 4) is 0 Å². The third-order valence-corrected chi connectivity index (χ3v) is 5.91. The topological polar surface area (TPSA) is 77.6 Å². The number of sulfonamides is 1. The molecule has 0 bridgehead atoms. The van der Waals surface area contributed by atoms with Gasteiger partial charge in [-0.25, -0.2) is 8.42 Å². The average molecular weight is 315 g/mol. The highest BCUT2D eigenvalue weighted by Crippen LogP contribution is 2.29. The molecule has 7 heteroatoms. The predicted octanol–water partition coefficient (Wildman–Crippen LogP) is 1.33. The molecule has 2 N–H and O–H groups in total. The summed E-state index contributed by atoms with van der Waals surface area (Å²) in [4.78, 5) is 0.312. The molecule has 120 valence electrons. The zero-order valence-electron chi connectivity index (χ0n) is 13.2. The van der Waals surface area contributed by atoms with Crippen molar-refractivity contribution in [2.75, 3.05) is 19.8 Å². The Bertz CT molecular complexity index is 605. The van der Waals surface area contributed by atoms with Crippen molar-refractivity contribution in [1.82, 2.24) is 8.87 Å². The highest BCUT2D eigenvalue weighted by molar-refractivity contribution is 7.89. The van der Waals surface area contributed by atoms with Gasteiger partial charge in [-0.3, -0.25) is 0 Å². The number of hydrogen-bond donors (Lipinski definition) is 1. The lowest BCUT2D eigenvalue weighted by atomic mass is 10.1. The summed E-state index contributed by atoms with van der Waals surface area (Å²) in [5.74, 6) is 0. The van der Waals surface area contributed by atoms with Crippen molar-refractivity contribution in [1.29, 1.82) is 0 Å². The van der Waals surface area contributed by atoms with Gasteiger partial charge in [-0.15, -0.1) is 0 Å². The summed E-state index contributed by atoms with van der Waals surface area (Å²) in [6.07, 6.45) is 1.69. The van der Waals surface area contributed by atoms with E-state index in [0.717, 1.165) is 5.69 Å². The minimum atomic E-state index is -3.54. The Labute approximate surface area is 126 Å². The van der Waals surface area contributed by atoms with E-state index in [9.17, 15) is 8.42 Å². The number of rotatable bonds is 4. The fourth-order valence-electron chi connectivity index (χ4n) is 2.70. The second kappa shape index (κ2) is 5.72. The summed E-state index contributed by atoms with van der Waals surface area (Å²) in [5, 5.41) is 0. The molecule has 1 aromatic rings.